The number of urea groups is 1. The fourth-order valence-electron chi connectivity index (χ4n) is 1.10. The Labute approximate surface area is 96.6 Å². The molecule has 0 rings (SSSR count). The van der Waals surface area contributed by atoms with E-state index in [1.165, 1.54) is 0 Å². The fourth-order valence-corrected chi connectivity index (χ4v) is 1.10. The quantitative estimate of drug-likeness (QED) is 0.619. The first-order valence-electron chi connectivity index (χ1n) is 5.75. The van der Waals surface area contributed by atoms with Gasteiger partial charge in [-0.05, 0) is 12.3 Å². The minimum absolute atomic E-state index is 0.179. The molecule has 0 saturated heterocycles. The molecule has 0 aromatic heterocycles. The van der Waals surface area contributed by atoms with Crippen LogP contribution in [0, 0.1) is 11.8 Å². The van der Waals surface area contributed by atoms with Crippen LogP contribution in [0.1, 0.15) is 33.6 Å². The summed E-state index contributed by atoms with van der Waals surface area (Å²) in [7, 11) is 0. The van der Waals surface area contributed by atoms with E-state index in [0.29, 0.717) is 18.9 Å². The van der Waals surface area contributed by atoms with E-state index in [1.54, 1.807) is 6.92 Å². The average Bonchev–Trinajstić information content (AvgIpc) is 2.26. The maximum absolute atomic E-state index is 11.3. The molecule has 0 spiro atoms. The van der Waals surface area contributed by atoms with Crippen LogP contribution in [0.3, 0.4) is 0 Å². The van der Waals surface area contributed by atoms with Crippen LogP contribution in [0.2, 0.25) is 0 Å². The number of aliphatic carboxylic acids is 1. The number of carboxylic acid groups (broad SMARTS) is 1. The molecule has 5 heteroatoms. The van der Waals surface area contributed by atoms with Crippen molar-refractivity contribution in [2.45, 2.75) is 33.6 Å². The number of amides is 2. The lowest BCUT2D eigenvalue weighted by Crippen LogP contribution is -2.41. The van der Waals surface area contributed by atoms with Gasteiger partial charge in [0.2, 0.25) is 0 Å². The Morgan fingerprint density at radius 3 is 2.12 bits per heavy atom. The Bertz CT molecular complexity index is 231. The summed E-state index contributed by atoms with van der Waals surface area (Å²) in [6.07, 6.45) is 1.52. The maximum atomic E-state index is 11.3. The molecule has 0 bridgehead atoms. The predicted octanol–water partition coefficient (Wildman–Crippen LogP) is 1.44. The second-order valence-corrected chi connectivity index (χ2v) is 4.05. The molecule has 0 heterocycles. The topological polar surface area (TPSA) is 78.4 Å². The third-order valence-electron chi connectivity index (χ3n) is 2.66. The molecule has 0 saturated carbocycles. The van der Waals surface area contributed by atoms with Gasteiger partial charge >= 0.3 is 12.0 Å². The van der Waals surface area contributed by atoms with Gasteiger partial charge in [-0.2, -0.15) is 0 Å². The number of nitrogens with one attached hydrogen (secondary N) is 2. The van der Waals surface area contributed by atoms with Crippen LogP contribution >= 0.6 is 0 Å². The van der Waals surface area contributed by atoms with Crippen molar-refractivity contribution < 1.29 is 14.7 Å². The number of carbonyl (C=O) groups is 2. The van der Waals surface area contributed by atoms with Crippen LogP contribution in [0.25, 0.3) is 0 Å². The van der Waals surface area contributed by atoms with Gasteiger partial charge < -0.3 is 15.7 Å². The van der Waals surface area contributed by atoms with Crippen molar-refractivity contribution in [1.29, 1.82) is 0 Å². The summed E-state index contributed by atoms with van der Waals surface area (Å²) >= 11 is 0. The minimum atomic E-state index is -0.871. The number of carboxylic acids is 1. The number of hydrogen-bond acceptors (Lipinski definition) is 2. The lowest BCUT2D eigenvalue weighted by molar-refractivity contribution is -0.141. The molecule has 0 radical (unpaired) electrons. The zero-order chi connectivity index (χ0) is 12.6. The first-order chi connectivity index (χ1) is 7.51. The molecule has 3 N–H and O–H groups in total. The first kappa shape index (κ1) is 14.7. The van der Waals surface area contributed by atoms with E-state index in [0.717, 1.165) is 6.42 Å². The van der Waals surface area contributed by atoms with Crippen molar-refractivity contribution in [2.24, 2.45) is 11.8 Å². The SMILES string of the molecule is CCC(C)CNC(=O)NCC(CC)C(=O)O. The van der Waals surface area contributed by atoms with Gasteiger partial charge in [0.05, 0.1) is 5.92 Å². The molecule has 94 valence electrons. The molecular weight excluding hydrogens is 208 g/mol. The van der Waals surface area contributed by atoms with E-state index in [2.05, 4.69) is 17.6 Å². The van der Waals surface area contributed by atoms with Gasteiger partial charge in [0.1, 0.15) is 0 Å². The van der Waals surface area contributed by atoms with Crippen LogP contribution in [0.4, 0.5) is 4.79 Å². The Balaban J connectivity index is 3.76. The second-order valence-electron chi connectivity index (χ2n) is 4.05. The number of rotatable bonds is 7. The summed E-state index contributed by atoms with van der Waals surface area (Å²) in [4.78, 5) is 22.0. The molecule has 2 unspecified atom stereocenters. The lowest BCUT2D eigenvalue weighted by Gasteiger charge is -2.13. The molecule has 0 aliphatic rings. The fraction of sp³-hybridized carbons (Fsp3) is 0.818. The van der Waals surface area contributed by atoms with E-state index in [1.807, 2.05) is 6.92 Å². The Kier molecular flexibility index (Phi) is 7.33. The third kappa shape index (κ3) is 6.27. The van der Waals surface area contributed by atoms with Crippen LogP contribution < -0.4 is 10.6 Å². The van der Waals surface area contributed by atoms with Crippen molar-refractivity contribution in [2.75, 3.05) is 13.1 Å². The van der Waals surface area contributed by atoms with E-state index in [4.69, 9.17) is 5.11 Å². The summed E-state index contributed by atoms with van der Waals surface area (Å²) < 4.78 is 0. The molecule has 0 aliphatic carbocycles. The average molecular weight is 230 g/mol. The maximum Gasteiger partial charge on any atom is 0.314 e. The largest absolute Gasteiger partial charge is 0.481 e. The third-order valence-corrected chi connectivity index (χ3v) is 2.66. The van der Waals surface area contributed by atoms with Crippen molar-refractivity contribution in [1.82, 2.24) is 10.6 Å². The molecule has 2 atom stereocenters. The highest BCUT2D eigenvalue weighted by molar-refractivity contribution is 5.75. The van der Waals surface area contributed by atoms with E-state index in [9.17, 15) is 9.59 Å². The predicted molar refractivity (Wildman–Crippen MR) is 62.3 cm³/mol. The molecule has 0 aliphatic heterocycles. The Morgan fingerprint density at radius 2 is 1.69 bits per heavy atom. The second kappa shape index (κ2) is 7.96. The van der Waals surface area contributed by atoms with E-state index >= 15 is 0 Å². The summed E-state index contributed by atoms with van der Waals surface area (Å²) in [6.45, 7) is 6.69. The van der Waals surface area contributed by atoms with Gasteiger partial charge in [0.15, 0.2) is 0 Å². The number of carbonyl (C=O) groups excluding carboxylic acids is 1. The van der Waals surface area contributed by atoms with Crippen LogP contribution in [0.5, 0.6) is 0 Å². The summed E-state index contributed by atoms with van der Waals surface area (Å²) in [6, 6.07) is -0.292. The van der Waals surface area contributed by atoms with E-state index < -0.39 is 11.9 Å². The highest BCUT2D eigenvalue weighted by Gasteiger charge is 2.15. The highest BCUT2D eigenvalue weighted by atomic mass is 16.4. The van der Waals surface area contributed by atoms with Gasteiger partial charge in [-0.25, -0.2) is 4.79 Å². The Hall–Kier alpha value is -1.26. The standard InChI is InChI=1S/C11H22N2O3/c1-4-8(3)6-12-11(16)13-7-9(5-2)10(14)15/h8-9H,4-7H2,1-3H3,(H,14,15)(H2,12,13,16). The lowest BCUT2D eigenvalue weighted by atomic mass is 10.1. The van der Waals surface area contributed by atoms with Gasteiger partial charge in [-0.15, -0.1) is 0 Å². The normalized spacial score (nSPS) is 13.9. The highest BCUT2D eigenvalue weighted by Crippen LogP contribution is 2.00. The van der Waals surface area contributed by atoms with Crippen molar-refractivity contribution in [3.63, 3.8) is 0 Å². The van der Waals surface area contributed by atoms with Crippen molar-refractivity contribution in [3.8, 4) is 0 Å². The zero-order valence-corrected chi connectivity index (χ0v) is 10.2. The summed E-state index contributed by atoms with van der Waals surface area (Å²) in [5.74, 6) is -0.939. The smallest absolute Gasteiger partial charge is 0.314 e. The summed E-state index contributed by atoms with van der Waals surface area (Å²) in [5, 5.41) is 14.0. The molecule has 0 fully saturated rings. The summed E-state index contributed by atoms with van der Waals surface area (Å²) in [5.41, 5.74) is 0. The monoisotopic (exact) mass is 230 g/mol. The minimum Gasteiger partial charge on any atom is -0.481 e. The molecule has 0 aromatic carbocycles. The van der Waals surface area contributed by atoms with Gasteiger partial charge in [0.25, 0.3) is 0 Å². The molecule has 0 aromatic rings. The van der Waals surface area contributed by atoms with E-state index in [-0.39, 0.29) is 12.6 Å². The molecule has 16 heavy (non-hydrogen) atoms. The van der Waals surface area contributed by atoms with Gasteiger partial charge in [0, 0.05) is 13.1 Å². The molecule has 5 nitrogen and oxygen atoms in total. The first-order valence-corrected chi connectivity index (χ1v) is 5.75. The van der Waals surface area contributed by atoms with Gasteiger partial charge in [-0.3, -0.25) is 4.79 Å². The van der Waals surface area contributed by atoms with Crippen LogP contribution in [-0.2, 0) is 4.79 Å². The van der Waals surface area contributed by atoms with Crippen molar-refractivity contribution in [3.05, 3.63) is 0 Å². The van der Waals surface area contributed by atoms with Crippen LogP contribution in [-0.4, -0.2) is 30.2 Å². The Morgan fingerprint density at radius 1 is 1.12 bits per heavy atom. The molecular formula is C11H22N2O3. The molecule has 2 amide bonds. The van der Waals surface area contributed by atoms with Crippen LogP contribution in [0.15, 0.2) is 0 Å². The number of hydrogen-bond donors (Lipinski definition) is 3. The van der Waals surface area contributed by atoms with Crippen molar-refractivity contribution >= 4 is 12.0 Å². The van der Waals surface area contributed by atoms with Gasteiger partial charge in [-0.1, -0.05) is 27.2 Å². The zero-order valence-electron chi connectivity index (χ0n) is 10.2.